The van der Waals surface area contributed by atoms with Gasteiger partial charge in [-0.05, 0) is 24.9 Å². The molecular formula is C12H17NO3. The molecule has 2 N–H and O–H groups in total. The summed E-state index contributed by atoms with van der Waals surface area (Å²) in [6.45, 7) is 1.53. The summed E-state index contributed by atoms with van der Waals surface area (Å²) in [5.41, 5.74) is 7.71. The Bertz CT molecular complexity index is 366. The molecule has 1 aromatic carbocycles. The molecular weight excluding hydrogens is 206 g/mol. The first-order valence-electron chi connectivity index (χ1n) is 5.46. The highest BCUT2D eigenvalue weighted by Gasteiger charge is 2.21. The van der Waals surface area contributed by atoms with Crippen molar-refractivity contribution in [1.82, 2.24) is 0 Å². The van der Waals surface area contributed by atoms with E-state index in [1.54, 1.807) is 7.11 Å². The lowest BCUT2D eigenvalue weighted by Gasteiger charge is -2.08. The van der Waals surface area contributed by atoms with E-state index in [1.165, 1.54) is 0 Å². The number of ether oxygens (including phenoxy) is 3. The minimum absolute atomic E-state index is 0.297. The van der Waals surface area contributed by atoms with E-state index in [1.807, 2.05) is 6.07 Å². The molecule has 88 valence electrons. The molecule has 0 unspecified atom stereocenters. The number of rotatable bonds is 5. The van der Waals surface area contributed by atoms with Crippen molar-refractivity contribution in [3.05, 3.63) is 23.3 Å². The minimum Gasteiger partial charge on any atom is -0.453 e. The van der Waals surface area contributed by atoms with Gasteiger partial charge < -0.3 is 19.9 Å². The number of aryl methyl sites for hydroxylation is 1. The number of benzene rings is 1. The van der Waals surface area contributed by atoms with Gasteiger partial charge >= 0.3 is 0 Å². The largest absolute Gasteiger partial charge is 0.453 e. The van der Waals surface area contributed by atoms with Crippen LogP contribution in [0, 0.1) is 0 Å². The lowest BCUT2D eigenvalue weighted by atomic mass is 10.0. The van der Waals surface area contributed by atoms with Crippen molar-refractivity contribution in [1.29, 1.82) is 0 Å². The van der Waals surface area contributed by atoms with Crippen molar-refractivity contribution in [3.8, 4) is 11.5 Å². The molecule has 0 radical (unpaired) electrons. The molecule has 0 bridgehead atoms. The Hall–Kier alpha value is -1.26. The average molecular weight is 223 g/mol. The molecule has 16 heavy (non-hydrogen) atoms. The molecule has 1 aromatic rings. The van der Waals surface area contributed by atoms with Crippen LogP contribution in [0.3, 0.4) is 0 Å². The molecule has 0 atom stereocenters. The minimum atomic E-state index is 0.297. The van der Waals surface area contributed by atoms with Gasteiger partial charge in [0.15, 0.2) is 11.5 Å². The monoisotopic (exact) mass is 223 g/mol. The molecule has 0 fully saturated rings. The highest BCUT2D eigenvalue weighted by Crippen LogP contribution is 2.39. The van der Waals surface area contributed by atoms with Gasteiger partial charge in [0.05, 0.1) is 6.61 Å². The van der Waals surface area contributed by atoms with Gasteiger partial charge in [-0.15, -0.1) is 0 Å². The second kappa shape index (κ2) is 5.18. The van der Waals surface area contributed by atoms with Gasteiger partial charge in [0.25, 0.3) is 0 Å². The smallest absolute Gasteiger partial charge is 0.231 e. The zero-order valence-corrected chi connectivity index (χ0v) is 9.49. The fourth-order valence-electron chi connectivity index (χ4n) is 1.87. The van der Waals surface area contributed by atoms with Crippen LogP contribution in [0.15, 0.2) is 12.1 Å². The van der Waals surface area contributed by atoms with Crippen molar-refractivity contribution in [3.63, 3.8) is 0 Å². The van der Waals surface area contributed by atoms with Crippen LogP contribution < -0.4 is 15.2 Å². The Morgan fingerprint density at radius 1 is 1.25 bits per heavy atom. The topological polar surface area (TPSA) is 53.7 Å². The van der Waals surface area contributed by atoms with Crippen molar-refractivity contribution < 1.29 is 14.2 Å². The molecule has 1 aliphatic rings. The van der Waals surface area contributed by atoms with Crippen LogP contribution in [0.5, 0.6) is 11.5 Å². The molecule has 1 aliphatic heterocycles. The van der Waals surface area contributed by atoms with Crippen LogP contribution in [0.2, 0.25) is 0 Å². The maximum atomic E-state index is 5.51. The standard InChI is InChI=1S/C12H17NO3/c1-14-7-10-5-4-9(3-2-6-13)11-12(10)16-8-15-11/h4-5H,2-3,6-8,13H2,1H3. The number of hydrogen-bond donors (Lipinski definition) is 1. The van der Waals surface area contributed by atoms with E-state index in [0.29, 0.717) is 19.9 Å². The zero-order chi connectivity index (χ0) is 11.4. The van der Waals surface area contributed by atoms with Crippen molar-refractivity contribution in [2.75, 3.05) is 20.4 Å². The molecule has 0 saturated heterocycles. The summed E-state index contributed by atoms with van der Waals surface area (Å²) < 4.78 is 16.1. The Morgan fingerprint density at radius 2 is 1.94 bits per heavy atom. The van der Waals surface area contributed by atoms with Gasteiger partial charge in [0, 0.05) is 12.7 Å². The summed E-state index contributed by atoms with van der Waals surface area (Å²) in [6.07, 6.45) is 1.88. The third-order valence-corrected chi connectivity index (χ3v) is 2.63. The number of methoxy groups -OCH3 is 1. The number of fused-ring (bicyclic) bond motifs is 1. The SMILES string of the molecule is COCc1ccc(CCCN)c2c1OCO2. The van der Waals surface area contributed by atoms with Crippen molar-refractivity contribution in [2.45, 2.75) is 19.4 Å². The van der Waals surface area contributed by atoms with E-state index in [-0.39, 0.29) is 0 Å². The molecule has 4 heteroatoms. The summed E-state index contributed by atoms with van der Waals surface area (Å²) in [4.78, 5) is 0. The molecule has 4 nitrogen and oxygen atoms in total. The molecule has 0 aliphatic carbocycles. The fraction of sp³-hybridized carbons (Fsp3) is 0.500. The van der Waals surface area contributed by atoms with Crippen molar-refractivity contribution in [2.24, 2.45) is 5.73 Å². The Morgan fingerprint density at radius 3 is 2.62 bits per heavy atom. The maximum Gasteiger partial charge on any atom is 0.231 e. The van der Waals surface area contributed by atoms with Gasteiger partial charge in [-0.2, -0.15) is 0 Å². The van der Waals surface area contributed by atoms with Crippen LogP contribution in [0.25, 0.3) is 0 Å². The van der Waals surface area contributed by atoms with Gasteiger partial charge in [-0.25, -0.2) is 0 Å². The molecule has 0 amide bonds. The van der Waals surface area contributed by atoms with Crippen LogP contribution in [-0.4, -0.2) is 20.4 Å². The molecule has 0 spiro atoms. The second-order valence-electron chi connectivity index (χ2n) is 3.77. The van der Waals surface area contributed by atoms with E-state index in [9.17, 15) is 0 Å². The second-order valence-corrected chi connectivity index (χ2v) is 3.77. The van der Waals surface area contributed by atoms with Crippen LogP contribution in [0.4, 0.5) is 0 Å². The molecule has 0 saturated carbocycles. The Balaban J connectivity index is 2.25. The van der Waals surface area contributed by atoms with E-state index in [2.05, 4.69) is 6.07 Å². The van der Waals surface area contributed by atoms with Crippen molar-refractivity contribution >= 4 is 0 Å². The van der Waals surface area contributed by atoms with Crippen LogP contribution in [-0.2, 0) is 17.8 Å². The zero-order valence-electron chi connectivity index (χ0n) is 9.49. The normalized spacial score (nSPS) is 13.1. The third kappa shape index (κ3) is 2.13. The summed E-state index contributed by atoms with van der Waals surface area (Å²) in [5.74, 6) is 1.69. The van der Waals surface area contributed by atoms with Gasteiger partial charge in [-0.1, -0.05) is 12.1 Å². The summed E-state index contributed by atoms with van der Waals surface area (Å²) >= 11 is 0. The Labute approximate surface area is 95.3 Å². The number of hydrogen-bond acceptors (Lipinski definition) is 4. The molecule has 2 rings (SSSR count). The van der Waals surface area contributed by atoms with Crippen LogP contribution >= 0.6 is 0 Å². The predicted molar refractivity (Wildman–Crippen MR) is 60.7 cm³/mol. The lowest BCUT2D eigenvalue weighted by molar-refractivity contribution is 0.162. The fourth-order valence-corrected chi connectivity index (χ4v) is 1.87. The quantitative estimate of drug-likeness (QED) is 0.821. The first kappa shape index (κ1) is 11.2. The van der Waals surface area contributed by atoms with E-state index < -0.39 is 0 Å². The summed E-state index contributed by atoms with van der Waals surface area (Å²) in [6, 6.07) is 4.10. The van der Waals surface area contributed by atoms with Gasteiger partial charge in [-0.3, -0.25) is 0 Å². The van der Waals surface area contributed by atoms with E-state index in [0.717, 1.165) is 35.5 Å². The Kier molecular flexibility index (Phi) is 3.64. The number of nitrogens with two attached hydrogens (primary N) is 1. The van der Waals surface area contributed by atoms with E-state index >= 15 is 0 Å². The molecule has 1 heterocycles. The first-order chi connectivity index (χ1) is 7.86. The highest BCUT2D eigenvalue weighted by molar-refractivity contribution is 5.53. The van der Waals surface area contributed by atoms with E-state index in [4.69, 9.17) is 19.9 Å². The first-order valence-corrected chi connectivity index (χ1v) is 5.46. The highest BCUT2D eigenvalue weighted by atomic mass is 16.7. The van der Waals surface area contributed by atoms with Gasteiger partial charge in [0.1, 0.15) is 0 Å². The maximum absolute atomic E-state index is 5.51. The average Bonchev–Trinajstić information content (AvgIpc) is 2.78. The third-order valence-electron chi connectivity index (χ3n) is 2.63. The lowest BCUT2D eigenvalue weighted by Crippen LogP contribution is -2.01. The molecule has 0 aromatic heterocycles. The van der Waals surface area contributed by atoms with Crippen LogP contribution in [0.1, 0.15) is 17.5 Å². The predicted octanol–water partition coefficient (Wildman–Crippen LogP) is 1.45. The summed E-state index contributed by atoms with van der Waals surface area (Å²) in [5, 5.41) is 0. The summed E-state index contributed by atoms with van der Waals surface area (Å²) in [7, 11) is 1.67. The van der Waals surface area contributed by atoms with Gasteiger partial charge in [0.2, 0.25) is 6.79 Å².